The molecule has 0 spiro atoms. The van der Waals surface area contributed by atoms with Gasteiger partial charge in [-0.3, -0.25) is 0 Å². The van der Waals surface area contributed by atoms with Gasteiger partial charge in [-0.1, -0.05) is 0 Å². The van der Waals surface area contributed by atoms with Crippen LogP contribution in [0.1, 0.15) is 42.6 Å². The molecule has 1 amide bonds. The van der Waals surface area contributed by atoms with Crippen molar-refractivity contribution in [1.29, 1.82) is 0 Å². The first-order valence-corrected chi connectivity index (χ1v) is 7.70. The molecule has 0 aliphatic carbocycles. The Labute approximate surface area is 141 Å². The van der Waals surface area contributed by atoms with Crippen LogP contribution >= 0.6 is 0 Å². The number of rotatable bonds is 3. The lowest BCUT2D eigenvalue weighted by Crippen LogP contribution is -2.50. The van der Waals surface area contributed by atoms with E-state index >= 15 is 0 Å². The van der Waals surface area contributed by atoms with Crippen molar-refractivity contribution in [2.45, 2.75) is 32.3 Å². The van der Waals surface area contributed by atoms with Gasteiger partial charge in [0.1, 0.15) is 11.4 Å². The largest absolute Gasteiger partial charge is 0.496 e. The summed E-state index contributed by atoms with van der Waals surface area (Å²) < 4.78 is 15.5. The third-order valence-corrected chi connectivity index (χ3v) is 3.78. The molecule has 0 aromatic heterocycles. The summed E-state index contributed by atoms with van der Waals surface area (Å²) in [7, 11) is 2.85. The number of anilines is 1. The van der Waals surface area contributed by atoms with Crippen molar-refractivity contribution in [2.75, 3.05) is 33.0 Å². The maximum absolute atomic E-state index is 12.0. The van der Waals surface area contributed by atoms with Crippen molar-refractivity contribution in [3.05, 3.63) is 23.3 Å². The Bertz CT molecular complexity index is 645. The predicted molar refractivity (Wildman–Crippen MR) is 89.3 cm³/mol. The van der Waals surface area contributed by atoms with Crippen LogP contribution in [0.3, 0.4) is 0 Å². The van der Waals surface area contributed by atoms with Gasteiger partial charge in [-0.2, -0.15) is 0 Å². The topological polar surface area (TPSA) is 91.1 Å². The number of esters is 1. The van der Waals surface area contributed by atoms with Gasteiger partial charge in [0, 0.05) is 36.3 Å². The number of carbonyl (C=O) groups excluding carboxylic acids is 2. The lowest BCUT2D eigenvalue weighted by Gasteiger charge is -2.40. The summed E-state index contributed by atoms with van der Waals surface area (Å²) in [5.74, 6) is 0.144. The molecule has 1 aliphatic heterocycles. The Kier molecular flexibility index (Phi) is 4.91. The SMILES string of the molecule is COC(=O)c1cc(C2CN(C(=O)OC(C)(C)C)C2)c(OC)cc1N. The molecule has 0 radical (unpaired) electrons. The van der Waals surface area contributed by atoms with Gasteiger partial charge in [0.2, 0.25) is 0 Å². The fourth-order valence-corrected chi connectivity index (χ4v) is 2.55. The van der Waals surface area contributed by atoms with Gasteiger partial charge < -0.3 is 24.8 Å². The molecule has 1 aromatic carbocycles. The van der Waals surface area contributed by atoms with Gasteiger partial charge >= 0.3 is 12.1 Å². The Balaban J connectivity index is 2.16. The monoisotopic (exact) mass is 336 g/mol. The van der Waals surface area contributed by atoms with Gasteiger partial charge in [-0.15, -0.1) is 0 Å². The Morgan fingerprint density at radius 1 is 1.21 bits per heavy atom. The number of nitrogens with two attached hydrogens (primary N) is 1. The Hall–Kier alpha value is -2.44. The number of amides is 1. The zero-order valence-electron chi connectivity index (χ0n) is 14.7. The van der Waals surface area contributed by atoms with E-state index in [1.165, 1.54) is 7.11 Å². The highest BCUT2D eigenvalue weighted by molar-refractivity contribution is 5.95. The van der Waals surface area contributed by atoms with Crippen molar-refractivity contribution in [3.63, 3.8) is 0 Å². The quantitative estimate of drug-likeness (QED) is 0.673. The summed E-state index contributed by atoms with van der Waals surface area (Å²) in [5, 5.41) is 0. The minimum atomic E-state index is -0.529. The first-order chi connectivity index (χ1) is 11.2. The Morgan fingerprint density at radius 3 is 2.33 bits per heavy atom. The molecular weight excluding hydrogens is 312 g/mol. The molecule has 1 aromatic rings. The molecule has 24 heavy (non-hydrogen) atoms. The van der Waals surface area contributed by atoms with Gasteiger partial charge in [-0.25, -0.2) is 9.59 Å². The molecule has 1 aliphatic rings. The number of ether oxygens (including phenoxy) is 3. The number of likely N-dealkylation sites (tertiary alicyclic amines) is 1. The highest BCUT2D eigenvalue weighted by atomic mass is 16.6. The van der Waals surface area contributed by atoms with Gasteiger partial charge in [0.25, 0.3) is 0 Å². The number of hydrogen-bond acceptors (Lipinski definition) is 6. The maximum Gasteiger partial charge on any atom is 0.410 e. The molecule has 0 bridgehead atoms. The van der Waals surface area contributed by atoms with E-state index in [4.69, 9.17) is 19.9 Å². The number of carbonyl (C=O) groups is 2. The van der Waals surface area contributed by atoms with Crippen molar-refractivity contribution in [3.8, 4) is 5.75 Å². The van der Waals surface area contributed by atoms with Gasteiger partial charge in [-0.05, 0) is 26.8 Å². The van der Waals surface area contributed by atoms with Crippen molar-refractivity contribution < 1.29 is 23.8 Å². The van der Waals surface area contributed by atoms with E-state index in [9.17, 15) is 9.59 Å². The van der Waals surface area contributed by atoms with E-state index in [0.29, 0.717) is 30.1 Å². The molecule has 7 heteroatoms. The van der Waals surface area contributed by atoms with Crippen LogP contribution < -0.4 is 10.5 Å². The number of nitrogen functional groups attached to an aromatic ring is 1. The lowest BCUT2D eigenvalue weighted by molar-refractivity contribution is 0.00795. The molecule has 1 fully saturated rings. The van der Waals surface area contributed by atoms with E-state index in [1.807, 2.05) is 20.8 Å². The van der Waals surface area contributed by atoms with Crippen molar-refractivity contribution in [2.24, 2.45) is 0 Å². The average molecular weight is 336 g/mol. The van der Waals surface area contributed by atoms with Crippen LogP contribution in [0.25, 0.3) is 0 Å². The third kappa shape index (κ3) is 3.72. The number of hydrogen-bond donors (Lipinski definition) is 1. The Morgan fingerprint density at radius 2 is 1.83 bits per heavy atom. The van der Waals surface area contributed by atoms with E-state index in [-0.39, 0.29) is 12.0 Å². The van der Waals surface area contributed by atoms with Crippen LogP contribution in [0, 0.1) is 0 Å². The highest BCUT2D eigenvalue weighted by Crippen LogP contribution is 2.37. The normalized spacial score (nSPS) is 14.8. The van der Waals surface area contributed by atoms with E-state index in [0.717, 1.165) is 5.56 Å². The van der Waals surface area contributed by atoms with Crippen LogP contribution in [-0.2, 0) is 9.47 Å². The summed E-state index contributed by atoms with van der Waals surface area (Å²) in [4.78, 5) is 25.5. The molecule has 0 atom stereocenters. The van der Waals surface area contributed by atoms with Gasteiger partial charge in [0.05, 0.1) is 19.8 Å². The number of nitrogens with zero attached hydrogens (tertiary/aromatic N) is 1. The smallest absolute Gasteiger partial charge is 0.410 e. The second kappa shape index (κ2) is 6.59. The molecule has 1 saturated heterocycles. The summed E-state index contributed by atoms with van der Waals surface area (Å²) in [6.07, 6.45) is -0.346. The molecule has 0 unspecified atom stereocenters. The van der Waals surface area contributed by atoms with Crippen molar-refractivity contribution >= 4 is 17.7 Å². The summed E-state index contributed by atoms with van der Waals surface area (Å²) in [5.41, 5.74) is 6.77. The minimum Gasteiger partial charge on any atom is -0.496 e. The van der Waals surface area contributed by atoms with E-state index < -0.39 is 11.6 Å². The zero-order valence-corrected chi connectivity index (χ0v) is 14.7. The second-order valence-electron chi connectivity index (χ2n) is 6.76. The standard InChI is InChI=1S/C17H24N2O5/c1-17(2,3)24-16(21)19-8-10(9-19)11-6-12(15(20)23-5)13(18)7-14(11)22-4/h6-7,10H,8-9,18H2,1-5H3. The average Bonchev–Trinajstić information content (AvgIpc) is 2.43. The van der Waals surface area contributed by atoms with E-state index in [1.54, 1.807) is 24.1 Å². The summed E-state index contributed by atoms with van der Waals surface area (Å²) in [6.45, 7) is 6.47. The van der Waals surface area contributed by atoms with Crippen LogP contribution in [0.4, 0.5) is 10.5 Å². The van der Waals surface area contributed by atoms with Crippen LogP contribution in [0.15, 0.2) is 12.1 Å². The van der Waals surface area contributed by atoms with Crippen LogP contribution in [0.2, 0.25) is 0 Å². The summed E-state index contributed by atoms with van der Waals surface area (Å²) >= 11 is 0. The van der Waals surface area contributed by atoms with Crippen LogP contribution in [-0.4, -0.2) is 49.9 Å². The van der Waals surface area contributed by atoms with Crippen LogP contribution in [0.5, 0.6) is 5.75 Å². The number of benzene rings is 1. The molecule has 132 valence electrons. The molecule has 2 N–H and O–H groups in total. The number of methoxy groups -OCH3 is 2. The molecule has 0 saturated carbocycles. The lowest BCUT2D eigenvalue weighted by atomic mass is 9.89. The highest BCUT2D eigenvalue weighted by Gasteiger charge is 2.36. The fraction of sp³-hybridized carbons (Fsp3) is 0.529. The molecule has 1 heterocycles. The second-order valence-corrected chi connectivity index (χ2v) is 6.76. The summed E-state index contributed by atoms with van der Waals surface area (Å²) in [6, 6.07) is 3.29. The maximum atomic E-state index is 12.0. The minimum absolute atomic E-state index is 0.0523. The molecule has 7 nitrogen and oxygen atoms in total. The fourth-order valence-electron chi connectivity index (χ4n) is 2.55. The first kappa shape index (κ1) is 17.9. The van der Waals surface area contributed by atoms with E-state index in [2.05, 4.69) is 0 Å². The van der Waals surface area contributed by atoms with Gasteiger partial charge in [0.15, 0.2) is 0 Å². The molecular formula is C17H24N2O5. The molecule has 2 rings (SSSR count). The first-order valence-electron chi connectivity index (χ1n) is 7.70. The third-order valence-electron chi connectivity index (χ3n) is 3.78. The predicted octanol–water partition coefficient (Wildman–Crippen LogP) is 2.40. The zero-order chi connectivity index (χ0) is 18.1. The van der Waals surface area contributed by atoms with Crippen molar-refractivity contribution in [1.82, 2.24) is 4.90 Å².